The third-order valence-electron chi connectivity index (χ3n) is 6.18. The van der Waals surface area contributed by atoms with Gasteiger partial charge in [-0.25, -0.2) is 0 Å². The zero-order valence-corrected chi connectivity index (χ0v) is 24.9. The lowest BCUT2D eigenvalue weighted by Crippen LogP contribution is -2.64. The molecule has 2 amide bonds. The Hall–Kier alpha value is -4.73. The first-order valence-corrected chi connectivity index (χ1v) is 13.4. The van der Waals surface area contributed by atoms with Crippen LogP contribution in [0.1, 0.15) is 39.7 Å². The molecular weight excluding hydrogens is 588 g/mol. The van der Waals surface area contributed by atoms with Gasteiger partial charge >= 0.3 is 29.8 Å². The summed E-state index contributed by atoms with van der Waals surface area (Å²) in [5, 5.41) is 14.9. The van der Waals surface area contributed by atoms with E-state index in [9.17, 15) is 38.7 Å². The smallest absolute Gasteiger partial charge is 0.325 e. The Morgan fingerprint density at radius 1 is 0.841 bits per heavy atom. The monoisotopic (exact) mass is 624 g/mol. The first-order chi connectivity index (χ1) is 20.7. The highest BCUT2D eigenvalue weighted by Gasteiger charge is 2.52. The van der Waals surface area contributed by atoms with Crippen LogP contribution < -0.4 is 10.6 Å². The second-order valence-electron chi connectivity index (χ2n) is 9.69. The number of phenols is 1. The van der Waals surface area contributed by atoms with Gasteiger partial charge in [-0.05, 0) is 6.07 Å². The summed E-state index contributed by atoms with van der Waals surface area (Å²) in [6, 6.07) is 4.57. The summed E-state index contributed by atoms with van der Waals surface area (Å²) in [5.41, 5.74) is 0.256. The average molecular weight is 625 g/mol. The lowest BCUT2D eigenvalue weighted by molar-refractivity contribution is -0.253. The highest BCUT2D eigenvalue weighted by molar-refractivity contribution is 5.90. The number of nitrogens with one attached hydrogen (secondary N) is 2. The van der Waals surface area contributed by atoms with Crippen LogP contribution in [0.5, 0.6) is 5.75 Å². The van der Waals surface area contributed by atoms with Crippen LogP contribution in [0.25, 0.3) is 0 Å². The summed E-state index contributed by atoms with van der Waals surface area (Å²) >= 11 is 0. The second-order valence-corrected chi connectivity index (χ2v) is 9.69. The summed E-state index contributed by atoms with van der Waals surface area (Å²) in [5.74, 6) is -5.76. The molecule has 242 valence electrons. The largest absolute Gasteiger partial charge is 0.508 e. The van der Waals surface area contributed by atoms with Crippen LogP contribution in [0.4, 0.5) is 0 Å². The van der Waals surface area contributed by atoms with Gasteiger partial charge in [-0.2, -0.15) is 0 Å². The van der Waals surface area contributed by atoms with Gasteiger partial charge in [0.05, 0.1) is 13.5 Å². The molecule has 2 rings (SSSR count). The van der Waals surface area contributed by atoms with Gasteiger partial charge in [0, 0.05) is 39.7 Å². The van der Waals surface area contributed by atoms with Crippen molar-refractivity contribution in [3.05, 3.63) is 29.8 Å². The van der Waals surface area contributed by atoms with Gasteiger partial charge in [0.2, 0.25) is 11.8 Å². The molecule has 16 heteroatoms. The van der Waals surface area contributed by atoms with Crippen molar-refractivity contribution in [2.45, 2.75) is 77.1 Å². The van der Waals surface area contributed by atoms with E-state index in [-0.39, 0.29) is 17.7 Å². The number of aromatic hydroxyl groups is 1. The maximum atomic E-state index is 13.2. The number of para-hydroxylation sites is 1. The summed E-state index contributed by atoms with van der Waals surface area (Å²) in [4.78, 5) is 85.7. The number of carbonyl (C=O) groups is 7. The van der Waals surface area contributed by atoms with E-state index >= 15 is 0 Å². The molecular formula is C28H36N2O14. The van der Waals surface area contributed by atoms with Crippen molar-refractivity contribution in [1.29, 1.82) is 0 Å². The molecule has 0 spiro atoms. The quantitative estimate of drug-likeness (QED) is 0.181. The number of benzene rings is 1. The Bertz CT molecular complexity index is 1230. The molecule has 44 heavy (non-hydrogen) atoms. The predicted molar refractivity (Wildman–Crippen MR) is 145 cm³/mol. The van der Waals surface area contributed by atoms with Crippen molar-refractivity contribution >= 4 is 41.7 Å². The molecule has 1 aliphatic rings. The van der Waals surface area contributed by atoms with Gasteiger partial charge in [0.15, 0.2) is 18.3 Å². The van der Waals surface area contributed by atoms with Crippen molar-refractivity contribution in [2.24, 2.45) is 0 Å². The molecule has 1 heterocycles. The molecule has 0 aliphatic carbocycles. The van der Waals surface area contributed by atoms with Crippen molar-refractivity contribution in [3.63, 3.8) is 0 Å². The first-order valence-electron chi connectivity index (χ1n) is 13.4. The molecule has 6 atom stereocenters. The molecule has 1 unspecified atom stereocenters. The number of rotatable bonds is 13. The number of amides is 2. The molecule has 1 aromatic carbocycles. The average Bonchev–Trinajstić information content (AvgIpc) is 2.93. The number of hydrogen-bond donors (Lipinski definition) is 3. The van der Waals surface area contributed by atoms with Crippen LogP contribution in [0.3, 0.4) is 0 Å². The minimum absolute atomic E-state index is 0.158. The Balaban J connectivity index is 2.49. The predicted octanol–water partition coefficient (Wildman–Crippen LogP) is -0.776. The zero-order chi connectivity index (χ0) is 33.0. The highest BCUT2D eigenvalue weighted by Crippen LogP contribution is 2.31. The Morgan fingerprint density at radius 3 is 1.95 bits per heavy atom. The van der Waals surface area contributed by atoms with E-state index in [4.69, 9.17) is 23.7 Å². The Kier molecular flexibility index (Phi) is 13.5. The van der Waals surface area contributed by atoms with E-state index in [0.717, 1.165) is 34.8 Å². The maximum Gasteiger partial charge on any atom is 0.325 e. The summed E-state index contributed by atoms with van der Waals surface area (Å²) in [7, 11) is 1.11. The van der Waals surface area contributed by atoms with E-state index in [0.29, 0.717) is 0 Å². The van der Waals surface area contributed by atoms with Crippen LogP contribution in [0.2, 0.25) is 0 Å². The molecule has 0 radical (unpaired) electrons. The van der Waals surface area contributed by atoms with Crippen molar-refractivity contribution in [2.75, 3.05) is 20.3 Å². The number of methoxy groups -OCH3 is 1. The van der Waals surface area contributed by atoms with Crippen LogP contribution in [-0.4, -0.2) is 104 Å². The minimum atomic E-state index is -1.49. The van der Waals surface area contributed by atoms with Gasteiger partial charge in [0.1, 0.15) is 37.2 Å². The number of carbonyl (C=O) groups excluding carboxylic acids is 7. The first kappa shape index (κ1) is 35.5. The fraction of sp³-hybridized carbons (Fsp3) is 0.536. The van der Waals surface area contributed by atoms with E-state index in [2.05, 4.69) is 15.4 Å². The van der Waals surface area contributed by atoms with Gasteiger partial charge < -0.3 is 44.2 Å². The topological polar surface area (TPSA) is 219 Å². The van der Waals surface area contributed by atoms with Crippen LogP contribution in [0.15, 0.2) is 24.3 Å². The van der Waals surface area contributed by atoms with Crippen molar-refractivity contribution < 1.29 is 67.1 Å². The van der Waals surface area contributed by atoms with Gasteiger partial charge in [-0.3, -0.25) is 33.6 Å². The molecule has 1 aliphatic heterocycles. The standard InChI is InChI=1S/C28H36N2O14/c1-14(31)40-13-22-26(42-16(3)33)27(43-17(4)34)25(41-15(2)32)21(44-22)11-19(28(38)29-12-24(37)39-5)30-23(36)10-18-8-6-7-9-20(18)35/h6-9,19,21-22,25-27,35H,10-13H2,1-5H3,(H,29,38)(H,30,36)/t19?,21-,22+,25-,26-,27+/m0/s1. The van der Waals surface area contributed by atoms with Crippen LogP contribution >= 0.6 is 0 Å². The van der Waals surface area contributed by atoms with Gasteiger partial charge in [-0.15, -0.1) is 0 Å². The third-order valence-corrected chi connectivity index (χ3v) is 6.18. The van der Waals surface area contributed by atoms with Gasteiger partial charge in [0.25, 0.3) is 0 Å². The van der Waals surface area contributed by atoms with E-state index in [1.165, 1.54) is 12.1 Å². The van der Waals surface area contributed by atoms with Crippen LogP contribution in [-0.2, 0) is 68.4 Å². The SMILES string of the molecule is COC(=O)CNC(=O)C(C[C@@H]1O[C@H](COC(C)=O)[C@H](OC(C)=O)[C@H](OC(C)=O)[C@H]1OC(C)=O)NC(=O)Cc1ccccc1O. The number of phenolic OH excluding ortho intramolecular Hbond substituents is 1. The molecule has 1 saturated heterocycles. The second kappa shape index (κ2) is 16.8. The van der Waals surface area contributed by atoms with E-state index in [1.54, 1.807) is 12.1 Å². The number of esters is 5. The molecule has 0 aromatic heterocycles. The number of ether oxygens (including phenoxy) is 6. The fourth-order valence-corrected chi connectivity index (χ4v) is 4.40. The molecule has 0 bridgehead atoms. The summed E-state index contributed by atoms with van der Waals surface area (Å²) < 4.78 is 31.8. The van der Waals surface area contributed by atoms with Gasteiger partial charge in [-0.1, -0.05) is 18.2 Å². The van der Waals surface area contributed by atoms with Crippen molar-refractivity contribution in [3.8, 4) is 5.75 Å². The Labute approximate surface area is 252 Å². The third kappa shape index (κ3) is 11.2. The lowest BCUT2D eigenvalue weighted by atomic mass is 9.90. The Morgan fingerprint density at radius 2 is 1.41 bits per heavy atom. The molecule has 0 saturated carbocycles. The maximum absolute atomic E-state index is 13.2. The fourth-order valence-electron chi connectivity index (χ4n) is 4.40. The molecule has 1 aromatic rings. The molecule has 16 nitrogen and oxygen atoms in total. The minimum Gasteiger partial charge on any atom is -0.508 e. The van der Waals surface area contributed by atoms with E-state index in [1.807, 2.05) is 0 Å². The molecule has 1 fully saturated rings. The zero-order valence-electron chi connectivity index (χ0n) is 24.9. The van der Waals surface area contributed by atoms with E-state index < -0.39 is 97.8 Å². The lowest BCUT2D eigenvalue weighted by Gasteiger charge is -2.45. The number of hydrogen-bond acceptors (Lipinski definition) is 14. The molecule has 3 N–H and O–H groups in total. The summed E-state index contributed by atoms with van der Waals surface area (Å²) in [6.45, 7) is 3.26. The highest BCUT2D eigenvalue weighted by atomic mass is 16.7. The van der Waals surface area contributed by atoms with Crippen LogP contribution in [0, 0.1) is 0 Å². The normalized spacial score (nSPS) is 21.5. The van der Waals surface area contributed by atoms with Crippen molar-refractivity contribution in [1.82, 2.24) is 10.6 Å². The summed E-state index contributed by atoms with van der Waals surface area (Å²) in [6.07, 6.45) is -7.80.